The first-order valence-corrected chi connectivity index (χ1v) is 11.8. The number of hydrogen-bond donors (Lipinski definition) is 1. The molecule has 0 amide bonds. The number of aliphatic hydroxyl groups excluding tert-OH is 1. The minimum absolute atomic E-state index is 0.159. The van der Waals surface area contributed by atoms with Crippen LogP contribution in [-0.4, -0.2) is 36.8 Å². The Bertz CT molecular complexity index is 924. The molecule has 0 fully saturated rings. The molecule has 4 nitrogen and oxygen atoms in total. The average molecular weight is 429 g/mol. The Morgan fingerprint density at radius 3 is 2.62 bits per heavy atom. The molecule has 2 aromatic carbocycles. The molecular weight excluding hydrogens is 404 g/mol. The predicted molar refractivity (Wildman–Crippen MR) is 119 cm³/mol. The topological polar surface area (TPSA) is 55.8 Å². The van der Waals surface area contributed by atoms with Crippen molar-refractivity contribution in [3.63, 3.8) is 0 Å². The molecule has 0 aromatic heterocycles. The van der Waals surface area contributed by atoms with Gasteiger partial charge >= 0.3 is 5.97 Å². The molecule has 0 spiro atoms. The van der Waals surface area contributed by atoms with Crippen molar-refractivity contribution in [1.82, 2.24) is 0 Å². The number of ether oxygens (including phenoxy) is 2. The van der Waals surface area contributed by atoms with Crippen LogP contribution in [0.5, 0.6) is 5.75 Å². The second-order valence-corrected chi connectivity index (χ2v) is 8.92. The van der Waals surface area contributed by atoms with E-state index in [2.05, 4.69) is 24.4 Å². The number of carbonyl (C=O) groups is 1. The Balaban J connectivity index is 1.88. The Kier molecular flexibility index (Phi) is 7.18. The van der Waals surface area contributed by atoms with Gasteiger partial charge in [-0.25, -0.2) is 4.79 Å². The van der Waals surface area contributed by atoms with Crippen molar-refractivity contribution < 1.29 is 19.4 Å². The Morgan fingerprint density at radius 1 is 1.24 bits per heavy atom. The lowest BCUT2D eigenvalue weighted by atomic mass is 9.95. The Hall–Kier alpha value is -2.07. The van der Waals surface area contributed by atoms with E-state index >= 15 is 0 Å². The van der Waals surface area contributed by atoms with E-state index in [-0.39, 0.29) is 10.0 Å². The van der Waals surface area contributed by atoms with Crippen molar-refractivity contribution in [3.8, 4) is 17.6 Å². The average Bonchev–Trinajstić information content (AvgIpc) is 2.77. The van der Waals surface area contributed by atoms with E-state index in [0.717, 1.165) is 28.9 Å². The number of benzene rings is 2. The van der Waals surface area contributed by atoms with Gasteiger partial charge in [-0.1, -0.05) is 24.0 Å². The maximum atomic E-state index is 11.7. The SMILES string of the molecule is CCOC(=O)c1ccc(C#CC(O)c2cccc3c2C(SC)(SC)CCO3)cc1. The first-order chi connectivity index (χ1) is 14.0. The number of fused-ring (bicyclic) bond motifs is 1. The van der Waals surface area contributed by atoms with E-state index in [0.29, 0.717) is 18.8 Å². The molecule has 0 saturated heterocycles. The van der Waals surface area contributed by atoms with Crippen LogP contribution in [0.3, 0.4) is 0 Å². The van der Waals surface area contributed by atoms with Crippen LogP contribution in [0.25, 0.3) is 0 Å². The molecular formula is C23H24O4S2. The monoisotopic (exact) mass is 428 g/mol. The van der Waals surface area contributed by atoms with Gasteiger partial charge in [-0.3, -0.25) is 0 Å². The fourth-order valence-electron chi connectivity index (χ4n) is 3.35. The van der Waals surface area contributed by atoms with Gasteiger partial charge in [0.25, 0.3) is 0 Å². The standard InChI is InChI=1S/C23H24O4S2/c1-4-26-22(25)17-11-8-16(9-12-17)10-13-19(24)18-6-5-7-20-21(18)23(28-2,29-3)14-15-27-20/h5-9,11-12,19,24H,4,14-15H2,1-3H3. The van der Waals surface area contributed by atoms with Crippen LogP contribution < -0.4 is 4.74 Å². The number of carbonyl (C=O) groups excluding carboxylic acids is 1. The first kappa shape index (κ1) is 21.6. The summed E-state index contributed by atoms with van der Waals surface area (Å²) in [5.41, 5.74) is 3.00. The molecule has 1 heterocycles. The van der Waals surface area contributed by atoms with Crippen molar-refractivity contribution in [2.45, 2.75) is 23.5 Å². The molecule has 29 heavy (non-hydrogen) atoms. The van der Waals surface area contributed by atoms with Crippen LogP contribution in [0, 0.1) is 11.8 Å². The van der Waals surface area contributed by atoms with Crippen LogP contribution >= 0.6 is 23.5 Å². The lowest BCUT2D eigenvalue weighted by Crippen LogP contribution is -2.28. The highest BCUT2D eigenvalue weighted by Gasteiger charge is 2.39. The second kappa shape index (κ2) is 9.62. The Morgan fingerprint density at radius 2 is 1.97 bits per heavy atom. The second-order valence-electron chi connectivity index (χ2n) is 6.45. The van der Waals surface area contributed by atoms with Crippen LogP contribution in [0.15, 0.2) is 42.5 Å². The van der Waals surface area contributed by atoms with Gasteiger partial charge in [0.05, 0.1) is 22.9 Å². The summed E-state index contributed by atoms with van der Waals surface area (Å²) in [6, 6.07) is 12.6. The molecule has 1 aliphatic rings. The number of rotatable bonds is 5. The molecule has 152 valence electrons. The summed E-state index contributed by atoms with van der Waals surface area (Å²) in [6.45, 7) is 2.77. The summed E-state index contributed by atoms with van der Waals surface area (Å²) in [7, 11) is 0. The first-order valence-electron chi connectivity index (χ1n) is 9.38. The Labute approximate surface area is 180 Å². The van der Waals surface area contributed by atoms with Crippen molar-refractivity contribution >= 4 is 29.5 Å². The van der Waals surface area contributed by atoms with Crippen LogP contribution in [0.2, 0.25) is 0 Å². The quantitative estimate of drug-likeness (QED) is 0.426. The molecule has 1 aliphatic heterocycles. The molecule has 1 unspecified atom stereocenters. The highest BCUT2D eigenvalue weighted by molar-refractivity contribution is 8.16. The van der Waals surface area contributed by atoms with Crippen LogP contribution in [0.4, 0.5) is 0 Å². The molecule has 1 N–H and O–H groups in total. The predicted octanol–water partition coefficient (Wildman–Crippen LogP) is 4.61. The summed E-state index contributed by atoms with van der Waals surface area (Å²) in [4.78, 5) is 11.7. The lowest BCUT2D eigenvalue weighted by molar-refractivity contribution is 0.0526. The van der Waals surface area contributed by atoms with Crippen molar-refractivity contribution in [3.05, 3.63) is 64.7 Å². The zero-order chi connectivity index (χ0) is 20.9. The summed E-state index contributed by atoms with van der Waals surface area (Å²) < 4.78 is 10.7. The van der Waals surface area contributed by atoms with Gasteiger partial charge in [0.15, 0.2) is 0 Å². The number of aliphatic hydroxyl groups is 1. The zero-order valence-corrected chi connectivity index (χ0v) is 18.4. The fraction of sp³-hybridized carbons (Fsp3) is 0.348. The molecule has 6 heteroatoms. The van der Waals surface area contributed by atoms with E-state index in [1.54, 1.807) is 54.7 Å². The van der Waals surface area contributed by atoms with Crippen molar-refractivity contribution in [2.75, 3.05) is 25.7 Å². The van der Waals surface area contributed by atoms with Gasteiger partial charge in [-0.05, 0) is 49.8 Å². The van der Waals surface area contributed by atoms with E-state index in [1.807, 2.05) is 18.2 Å². The minimum Gasteiger partial charge on any atom is -0.493 e. The van der Waals surface area contributed by atoms with Gasteiger partial charge in [0, 0.05) is 23.1 Å². The maximum Gasteiger partial charge on any atom is 0.338 e. The number of hydrogen-bond acceptors (Lipinski definition) is 6. The van der Waals surface area contributed by atoms with Crippen molar-refractivity contribution in [2.24, 2.45) is 0 Å². The summed E-state index contributed by atoms with van der Waals surface area (Å²) in [5.74, 6) is 6.41. The van der Waals surface area contributed by atoms with Crippen LogP contribution in [-0.2, 0) is 8.82 Å². The molecule has 0 saturated carbocycles. The van der Waals surface area contributed by atoms with Gasteiger partial charge in [0.2, 0.25) is 0 Å². The molecule has 0 bridgehead atoms. The zero-order valence-electron chi connectivity index (χ0n) is 16.7. The summed E-state index contributed by atoms with van der Waals surface area (Å²) in [6.07, 6.45) is 4.11. The van der Waals surface area contributed by atoms with E-state index in [1.165, 1.54) is 0 Å². The molecule has 0 aliphatic carbocycles. The summed E-state index contributed by atoms with van der Waals surface area (Å²) >= 11 is 3.54. The fourth-order valence-corrected chi connectivity index (χ4v) is 5.44. The smallest absolute Gasteiger partial charge is 0.338 e. The van der Waals surface area contributed by atoms with Gasteiger partial charge < -0.3 is 14.6 Å². The maximum absolute atomic E-state index is 11.7. The van der Waals surface area contributed by atoms with Gasteiger partial charge in [0.1, 0.15) is 11.9 Å². The van der Waals surface area contributed by atoms with Gasteiger partial charge in [-0.15, -0.1) is 23.5 Å². The highest BCUT2D eigenvalue weighted by Crippen LogP contribution is 2.54. The lowest BCUT2D eigenvalue weighted by Gasteiger charge is -2.38. The number of esters is 1. The molecule has 2 aromatic rings. The third-order valence-corrected chi connectivity index (χ3v) is 7.97. The van der Waals surface area contributed by atoms with E-state index in [9.17, 15) is 9.90 Å². The molecule has 3 rings (SSSR count). The molecule has 1 atom stereocenters. The van der Waals surface area contributed by atoms with E-state index in [4.69, 9.17) is 9.47 Å². The normalized spacial score (nSPS) is 15.3. The van der Waals surface area contributed by atoms with Crippen molar-refractivity contribution in [1.29, 1.82) is 0 Å². The van der Waals surface area contributed by atoms with Gasteiger partial charge in [-0.2, -0.15) is 0 Å². The molecule has 0 radical (unpaired) electrons. The minimum atomic E-state index is -0.935. The third kappa shape index (κ3) is 4.58. The number of thioether (sulfide) groups is 2. The van der Waals surface area contributed by atoms with Crippen LogP contribution in [0.1, 0.15) is 46.5 Å². The third-order valence-electron chi connectivity index (χ3n) is 4.83. The summed E-state index contributed by atoms with van der Waals surface area (Å²) in [5, 5.41) is 10.9. The highest BCUT2D eigenvalue weighted by atomic mass is 32.2. The largest absolute Gasteiger partial charge is 0.493 e. The van der Waals surface area contributed by atoms with E-state index < -0.39 is 6.10 Å².